The Morgan fingerprint density at radius 1 is 1.25 bits per heavy atom. The highest BCUT2D eigenvalue weighted by Crippen LogP contribution is 2.18. The van der Waals surface area contributed by atoms with E-state index in [-0.39, 0.29) is 0 Å². The topological polar surface area (TPSA) is 29.9 Å². The highest BCUT2D eigenvalue weighted by atomic mass is 35.5. The minimum Gasteiger partial charge on any atom is -0.319 e. The predicted molar refractivity (Wildman–Crippen MR) is 69.1 cm³/mol. The van der Waals surface area contributed by atoms with Crippen LogP contribution in [-0.2, 0) is 13.6 Å². The minimum atomic E-state index is 0.438. The van der Waals surface area contributed by atoms with Gasteiger partial charge in [0.05, 0.1) is 5.69 Å². The van der Waals surface area contributed by atoms with Crippen LogP contribution in [0.25, 0.3) is 0 Å². The van der Waals surface area contributed by atoms with E-state index in [0.29, 0.717) is 10.4 Å². The molecule has 1 N–H and O–H groups in total. The zero-order chi connectivity index (χ0) is 12.0. The monoisotopic (exact) mass is 263 g/mol. The van der Waals surface area contributed by atoms with Gasteiger partial charge >= 0.3 is 0 Å². The van der Waals surface area contributed by atoms with E-state index in [0.717, 1.165) is 18.8 Å². The average molecular weight is 264 g/mol. The summed E-state index contributed by atoms with van der Waals surface area (Å²) in [7, 11) is 1.87. The Bertz CT molecular complexity index is 323. The molecule has 1 heterocycles. The molecule has 16 heavy (non-hydrogen) atoms. The van der Waals surface area contributed by atoms with Crippen molar-refractivity contribution >= 4 is 23.2 Å². The van der Waals surface area contributed by atoms with Gasteiger partial charge in [0.25, 0.3) is 0 Å². The summed E-state index contributed by atoms with van der Waals surface area (Å²) in [5.41, 5.74) is 0.946. The molecule has 1 aromatic heterocycles. The lowest BCUT2D eigenvalue weighted by atomic mass is 10.2. The average Bonchev–Trinajstić information content (AvgIpc) is 2.49. The molecule has 0 aliphatic heterocycles. The van der Waals surface area contributed by atoms with E-state index in [1.807, 2.05) is 11.6 Å². The van der Waals surface area contributed by atoms with Gasteiger partial charge in [-0.3, -0.25) is 0 Å². The molecular weight excluding hydrogens is 245 g/mol. The van der Waals surface area contributed by atoms with Crippen LogP contribution in [0.15, 0.2) is 0 Å². The summed E-state index contributed by atoms with van der Waals surface area (Å²) < 4.78 is 1.81. The van der Waals surface area contributed by atoms with E-state index < -0.39 is 0 Å². The van der Waals surface area contributed by atoms with Gasteiger partial charge in [-0.15, -0.1) is 0 Å². The van der Waals surface area contributed by atoms with Crippen LogP contribution in [0.4, 0.5) is 0 Å². The van der Waals surface area contributed by atoms with Crippen LogP contribution in [0.3, 0.4) is 0 Å². The molecule has 0 spiro atoms. The first-order valence-electron chi connectivity index (χ1n) is 5.74. The molecule has 0 aliphatic carbocycles. The number of unbranched alkanes of at least 4 members (excludes halogenated alkanes) is 3. The summed E-state index contributed by atoms with van der Waals surface area (Å²) in [5, 5.41) is 4.28. The molecule has 0 fully saturated rings. The largest absolute Gasteiger partial charge is 0.319 e. The molecule has 1 rings (SSSR count). The molecule has 0 atom stereocenters. The molecule has 3 nitrogen and oxygen atoms in total. The van der Waals surface area contributed by atoms with Gasteiger partial charge in [-0.25, -0.2) is 4.98 Å². The van der Waals surface area contributed by atoms with Gasteiger partial charge in [0.1, 0.15) is 0 Å². The SMILES string of the molecule is CCCCCCNCc1c(Cl)nc(Cl)n1C. The van der Waals surface area contributed by atoms with Crippen LogP contribution < -0.4 is 5.32 Å². The molecule has 0 aliphatic rings. The smallest absolute Gasteiger partial charge is 0.204 e. The number of aromatic nitrogens is 2. The van der Waals surface area contributed by atoms with E-state index in [4.69, 9.17) is 23.2 Å². The third-order valence-corrected chi connectivity index (χ3v) is 3.25. The third-order valence-electron chi connectivity index (χ3n) is 2.61. The lowest BCUT2D eigenvalue weighted by Crippen LogP contribution is -2.17. The van der Waals surface area contributed by atoms with Crippen LogP contribution in [0.5, 0.6) is 0 Å². The zero-order valence-electron chi connectivity index (χ0n) is 9.89. The molecule has 0 radical (unpaired) electrons. The fourth-order valence-corrected chi connectivity index (χ4v) is 2.05. The van der Waals surface area contributed by atoms with Crippen molar-refractivity contribution in [1.29, 1.82) is 0 Å². The molecule has 1 aromatic rings. The van der Waals surface area contributed by atoms with Crippen molar-refractivity contribution < 1.29 is 0 Å². The standard InChI is InChI=1S/C11H19Cl2N3/c1-3-4-5-6-7-14-8-9-10(12)15-11(13)16(9)2/h14H,3-8H2,1-2H3. The van der Waals surface area contributed by atoms with Gasteiger partial charge in [-0.1, -0.05) is 37.8 Å². The van der Waals surface area contributed by atoms with Gasteiger partial charge in [-0.2, -0.15) is 0 Å². The molecule has 92 valence electrons. The Kier molecular flexibility index (Phi) is 6.17. The van der Waals surface area contributed by atoms with Gasteiger partial charge in [0, 0.05) is 13.6 Å². The minimum absolute atomic E-state index is 0.438. The summed E-state index contributed by atoms with van der Waals surface area (Å²) in [4.78, 5) is 3.99. The van der Waals surface area contributed by atoms with Crippen molar-refractivity contribution in [2.45, 2.75) is 39.2 Å². The quantitative estimate of drug-likeness (QED) is 0.765. The maximum Gasteiger partial charge on any atom is 0.204 e. The summed E-state index contributed by atoms with van der Waals surface area (Å²) in [6, 6.07) is 0. The van der Waals surface area contributed by atoms with E-state index >= 15 is 0 Å². The number of hydrogen-bond donors (Lipinski definition) is 1. The Hall–Kier alpha value is -0.250. The van der Waals surface area contributed by atoms with Crippen LogP contribution in [0.2, 0.25) is 10.4 Å². The maximum atomic E-state index is 5.96. The lowest BCUT2D eigenvalue weighted by molar-refractivity contribution is 0.586. The lowest BCUT2D eigenvalue weighted by Gasteiger charge is -2.06. The number of nitrogens with one attached hydrogen (secondary N) is 1. The van der Waals surface area contributed by atoms with Gasteiger partial charge in [0.15, 0.2) is 5.15 Å². The molecule has 5 heteroatoms. The zero-order valence-corrected chi connectivity index (χ0v) is 11.4. The second kappa shape index (κ2) is 7.15. The fraction of sp³-hybridized carbons (Fsp3) is 0.727. The number of nitrogens with zero attached hydrogens (tertiary/aromatic N) is 2. The molecule has 0 unspecified atom stereocenters. The van der Waals surface area contributed by atoms with E-state index in [9.17, 15) is 0 Å². The summed E-state index contributed by atoms with van der Waals surface area (Å²) in [6.07, 6.45) is 5.06. The van der Waals surface area contributed by atoms with Crippen molar-refractivity contribution in [3.05, 3.63) is 16.1 Å². The Morgan fingerprint density at radius 3 is 2.56 bits per heavy atom. The maximum absolute atomic E-state index is 5.96. The van der Waals surface area contributed by atoms with Crippen LogP contribution in [0.1, 0.15) is 38.3 Å². The Labute approximate surface area is 107 Å². The van der Waals surface area contributed by atoms with Crippen molar-refractivity contribution in [2.24, 2.45) is 7.05 Å². The third kappa shape index (κ3) is 3.96. The normalized spacial score (nSPS) is 11.0. The molecule has 0 bridgehead atoms. The summed E-state index contributed by atoms with van der Waals surface area (Å²) in [5.74, 6) is 0. The molecule has 0 aromatic carbocycles. The molecule has 0 saturated carbocycles. The highest BCUT2D eigenvalue weighted by molar-refractivity contribution is 6.32. The molecule has 0 amide bonds. The fourth-order valence-electron chi connectivity index (χ4n) is 1.55. The van der Waals surface area contributed by atoms with Gasteiger partial charge in [0.2, 0.25) is 5.28 Å². The second-order valence-electron chi connectivity index (χ2n) is 3.91. The first kappa shape index (κ1) is 13.8. The van der Waals surface area contributed by atoms with Crippen molar-refractivity contribution in [3.8, 4) is 0 Å². The summed E-state index contributed by atoms with van der Waals surface area (Å²) in [6.45, 7) is 3.95. The number of rotatable bonds is 7. The van der Waals surface area contributed by atoms with E-state index in [2.05, 4.69) is 17.2 Å². The first-order chi connectivity index (χ1) is 7.66. The number of hydrogen-bond acceptors (Lipinski definition) is 2. The number of halogens is 2. The Balaban J connectivity index is 2.26. The van der Waals surface area contributed by atoms with E-state index in [1.165, 1.54) is 25.7 Å². The van der Waals surface area contributed by atoms with Crippen molar-refractivity contribution in [1.82, 2.24) is 14.9 Å². The Morgan fingerprint density at radius 2 is 2.00 bits per heavy atom. The van der Waals surface area contributed by atoms with Crippen molar-refractivity contribution in [2.75, 3.05) is 6.54 Å². The van der Waals surface area contributed by atoms with Gasteiger partial charge in [-0.05, 0) is 24.6 Å². The van der Waals surface area contributed by atoms with Crippen LogP contribution in [0, 0.1) is 0 Å². The first-order valence-corrected chi connectivity index (χ1v) is 6.49. The summed E-state index contributed by atoms with van der Waals surface area (Å²) >= 11 is 11.8. The predicted octanol–water partition coefficient (Wildman–Crippen LogP) is 3.40. The molecule has 0 saturated heterocycles. The number of imidazole rings is 1. The van der Waals surface area contributed by atoms with Crippen LogP contribution in [-0.4, -0.2) is 16.1 Å². The van der Waals surface area contributed by atoms with Crippen LogP contribution >= 0.6 is 23.2 Å². The highest BCUT2D eigenvalue weighted by Gasteiger charge is 2.10. The van der Waals surface area contributed by atoms with Crippen molar-refractivity contribution in [3.63, 3.8) is 0 Å². The van der Waals surface area contributed by atoms with Gasteiger partial charge < -0.3 is 9.88 Å². The second-order valence-corrected chi connectivity index (χ2v) is 4.61. The molecular formula is C11H19Cl2N3. The van der Waals surface area contributed by atoms with E-state index in [1.54, 1.807) is 0 Å².